The lowest BCUT2D eigenvalue weighted by molar-refractivity contribution is 0.0923. The van der Waals surface area contributed by atoms with Crippen LogP contribution in [0, 0.1) is 5.92 Å². The molecule has 2 saturated heterocycles. The smallest absolute Gasteiger partial charge is 0.251 e. The van der Waals surface area contributed by atoms with E-state index in [2.05, 4.69) is 10.2 Å². The first kappa shape index (κ1) is 16.8. The molecule has 0 aromatic heterocycles. The van der Waals surface area contributed by atoms with E-state index in [9.17, 15) is 9.59 Å². The van der Waals surface area contributed by atoms with Gasteiger partial charge in [-0.05, 0) is 74.3 Å². The minimum Gasteiger partial charge on any atom is -0.457 e. The maximum Gasteiger partial charge on any atom is 0.251 e. The number of carbonyl (C=O) groups excluding carboxylic acids is 2. The predicted molar refractivity (Wildman–Crippen MR) is 98.8 cm³/mol. The van der Waals surface area contributed by atoms with Crippen LogP contribution in [0.1, 0.15) is 34.1 Å². The molecule has 0 spiro atoms. The third-order valence-electron chi connectivity index (χ3n) is 5.26. The molecule has 2 aliphatic heterocycles. The molecule has 1 N–H and O–H groups in total. The Hall–Kier alpha value is -2.66. The van der Waals surface area contributed by atoms with Crippen molar-refractivity contribution in [3.63, 3.8) is 0 Å². The van der Waals surface area contributed by atoms with Crippen molar-refractivity contribution in [1.29, 1.82) is 0 Å². The summed E-state index contributed by atoms with van der Waals surface area (Å²) in [6.07, 6.45) is 1.18. The molecule has 4 rings (SSSR count). The van der Waals surface area contributed by atoms with Crippen LogP contribution in [-0.2, 0) is 0 Å². The zero-order chi connectivity index (χ0) is 18.1. The fourth-order valence-corrected chi connectivity index (χ4v) is 3.77. The minimum absolute atomic E-state index is 0.0267. The molecule has 3 atom stereocenters. The van der Waals surface area contributed by atoms with Gasteiger partial charge in [0.15, 0.2) is 5.78 Å². The van der Waals surface area contributed by atoms with Gasteiger partial charge < -0.3 is 15.0 Å². The number of hydrogen-bond acceptors (Lipinski definition) is 4. The fraction of sp³-hybridized carbons (Fsp3) is 0.333. The summed E-state index contributed by atoms with van der Waals surface area (Å²) in [7, 11) is 0. The van der Waals surface area contributed by atoms with Crippen LogP contribution in [-0.4, -0.2) is 42.3 Å². The lowest BCUT2D eigenvalue weighted by Gasteiger charge is -2.23. The Kier molecular flexibility index (Phi) is 4.47. The lowest BCUT2D eigenvalue weighted by Crippen LogP contribution is -2.43. The van der Waals surface area contributed by atoms with Crippen molar-refractivity contribution in [2.75, 3.05) is 19.6 Å². The third-order valence-corrected chi connectivity index (χ3v) is 5.26. The molecule has 2 aromatic rings. The van der Waals surface area contributed by atoms with Crippen molar-refractivity contribution in [3.8, 4) is 11.5 Å². The van der Waals surface area contributed by atoms with Crippen LogP contribution in [0.25, 0.3) is 0 Å². The molecule has 2 bridgehead atoms. The number of amides is 1. The van der Waals surface area contributed by atoms with Crippen molar-refractivity contribution in [2.24, 2.45) is 5.92 Å². The summed E-state index contributed by atoms with van der Waals surface area (Å²) in [6.45, 7) is 4.78. The average molecular weight is 350 g/mol. The maximum atomic E-state index is 12.4. The number of ketones is 1. The van der Waals surface area contributed by atoms with E-state index in [-0.39, 0.29) is 17.7 Å². The van der Waals surface area contributed by atoms with Gasteiger partial charge in [0.1, 0.15) is 11.5 Å². The highest BCUT2D eigenvalue weighted by Crippen LogP contribution is 2.28. The molecular formula is C21H22N2O3. The summed E-state index contributed by atoms with van der Waals surface area (Å²) < 4.78 is 5.77. The minimum atomic E-state index is -0.0267. The largest absolute Gasteiger partial charge is 0.457 e. The van der Waals surface area contributed by atoms with Crippen LogP contribution < -0.4 is 10.1 Å². The highest BCUT2D eigenvalue weighted by Gasteiger charge is 2.38. The van der Waals surface area contributed by atoms with Gasteiger partial charge in [0.2, 0.25) is 0 Å². The van der Waals surface area contributed by atoms with E-state index in [1.165, 1.54) is 13.3 Å². The van der Waals surface area contributed by atoms with E-state index in [4.69, 9.17) is 4.74 Å². The van der Waals surface area contributed by atoms with Gasteiger partial charge in [-0.3, -0.25) is 9.59 Å². The molecule has 5 heteroatoms. The number of nitrogens with one attached hydrogen (secondary N) is 1. The average Bonchev–Trinajstić information content (AvgIpc) is 3.26. The van der Waals surface area contributed by atoms with Crippen molar-refractivity contribution in [1.82, 2.24) is 10.2 Å². The van der Waals surface area contributed by atoms with Gasteiger partial charge in [0, 0.05) is 30.3 Å². The number of rotatable bonds is 5. The number of Topliss-reactive ketones (excluding diaryl/α,β-unsaturated/α-hetero) is 1. The van der Waals surface area contributed by atoms with Crippen molar-refractivity contribution in [2.45, 2.75) is 19.4 Å². The maximum absolute atomic E-state index is 12.4. The fourth-order valence-electron chi connectivity index (χ4n) is 3.77. The molecule has 0 saturated carbocycles. The van der Waals surface area contributed by atoms with Crippen LogP contribution in [0.15, 0.2) is 48.5 Å². The molecule has 0 radical (unpaired) electrons. The Balaban J connectivity index is 1.37. The van der Waals surface area contributed by atoms with Crippen LogP contribution in [0.5, 0.6) is 11.5 Å². The Morgan fingerprint density at radius 2 is 1.58 bits per heavy atom. The van der Waals surface area contributed by atoms with E-state index in [0.29, 0.717) is 28.5 Å². The number of benzene rings is 2. The number of ether oxygens (including phenoxy) is 1. The summed E-state index contributed by atoms with van der Waals surface area (Å²) in [5.41, 5.74) is 1.29. The molecule has 2 aliphatic rings. The van der Waals surface area contributed by atoms with Gasteiger partial charge in [-0.15, -0.1) is 0 Å². The Labute approximate surface area is 153 Å². The quantitative estimate of drug-likeness (QED) is 0.842. The zero-order valence-electron chi connectivity index (χ0n) is 14.8. The number of piperidine rings is 1. The lowest BCUT2D eigenvalue weighted by atomic mass is 9.99. The highest BCUT2D eigenvalue weighted by molar-refractivity contribution is 5.95. The van der Waals surface area contributed by atoms with Gasteiger partial charge in [0.25, 0.3) is 5.91 Å². The third kappa shape index (κ3) is 3.48. The Bertz CT molecular complexity index is 814. The van der Waals surface area contributed by atoms with Gasteiger partial charge >= 0.3 is 0 Å². The standard InChI is InChI=1S/C21H22N2O3/c1-14(24)15-2-6-18(7-3-15)26-19-8-4-16(5-9-19)21(25)22-20-13-23-11-10-17(20)12-23/h2-9,17,20H,10-13H2,1H3,(H,22,25)/t17-,20?/m0/s1. The van der Waals surface area contributed by atoms with Gasteiger partial charge in [-0.25, -0.2) is 0 Å². The molecule has 5 nitrogen and oxygen atoms in total. The van der Waals surface area contributed by atoms with Gasteiger partial charge in [-0.2, -0.15) is 0 Å². The van der Waals surface area contributed by atoms with Crippen LogP contribution in [0.3, 0.4) is 0 Å². The first-order valence-corrected chi connectivity index (χ1v) is 9.00. The van der Waals surface area contributed by atoms with Crippen molar-refractivity contribution >= 4 is 11.7 Å². The molecule has 134 valence electrons. The molecule has 1 amide bonds. The topological polar surface area (TPSA) is 58.6 Å². The number of carbonyl (C=O) groups is 2. The Morgan fingerprint density at radius 3 is 2.08 bits per heavy atom. The summed E-state index contributed by atoms with van der Waals surface area (Å²) in [6, 6.07) is 14.4. The predicted octanol–water partition coefficient (Wildman–Crippen LogP) is 3.12. The zero-order valence-corrected chi connectivity index (χ0v) is 14.8. The molecule has 2 fully saturated rings. The summed E-state index contributed by atoms with van der Waals surface area (Å²) >= 11 is 0. The van der Waals surface area contributed by atoms with Gasteiger partial charge in [-0.1, -0.05) is 0 Å². The normalized spacial score (nSPS) is 23.7. The molecule has 2 aromatic carbocycles. The summed E-state index contributed by atoms with van der Waals surface area (Å²) in [5, 5.41) is 3.16. The monoisotopic (exact) mass is 350 g/mol. The van der Waals surface area contributed by atoms with E-state index >= 15 is 0 Å². The molecular weight excluding hydrogens is 328 g/mol. The second-order valence-electron chi connectivity index (χ2n) is 7.10. The van der Waals surface area contributed by atoms with Crippen LogP contribution in [0.4, 0.5) is 0 Å². The number of nitrogens with zero attached hydrogens (tertiary/aromatic N) is 1. The Morgan fingerprint density at radius 1 is 0.962 bits per heavy atom. The molecule has 26 heavy (non-hydrogen) atoms. The van der Waals surface area contributed by atoms with E-state index < -0.39 is 0 Å². The molecule has 0 aliphatic carbocycles. The van der Waals surface area contributed by atoms with Crippen LogP contribution >= 0.6 is 0 Å². The number of fused-ring (bicyclic) bond motifs is 2. The van der Waals surface area contributed by atoms with Gasteiger partial charge in [0.05, 0.1) is 0 Å². The first-order chi connectivity index (χ1) is 12.6. The second kappa shape index (κ2) is 6.92. The first-order valence-electron chi connectivity index (χ1n) is 9.00. The number of hydrogen-bond donors (Lipinski definition) is 1. The van der Waals surface area contributed by atoms with E-state index in [0.717, 1.165) is 19.6 Å². The van der Waals surface area contributed by atoms with E-state index in [1.807, 2.05) is 0 Å². The summed E-state index contributed by atoms with van der Waals surface area (Å²) in [5.74, 6) is 1.91. The van der Waals surface area contributed by atoms with Crippen LogP contribution in [0.2, 0.25) is 0 Å². The second-order valence-corrected chi connectivity index (χ2v) is 7.10. The van der Waals surface area contributed by atoms with Crippen molar-refractivity contribution in [3.05, 3.63) is 59.7 Å². The van der Waals surface area contributed by atoms with E-state index in [1.54, 1.807) is 48.5 Å². The highest BCUT2D eigenvalue weighted by atomic mass is 16.5. The molecule has 2 heterocycles. The van der Waals surface area contributed by atoms with Crippen molar-refractivity contribution < 1.29 is 14.3 Å². The summed E-state index contributed by atoms with van der Waals surface area (Å²) in [4.78, 5) is 26.2. The molecule has 2 unspecified atom stereocenters. The SMILES string of the molecule is CC(=O)c1ccc(Oc2ccc(C(=O)NC3CN4CC[C@H]3C4)cc2)cc1.